The van der Waals surface area contributed by atoms with E-state index in [-0.39, 0.29) is 11.9 Å². The van der Waals surface area contributed by atoms with Crippen LogP contribution < -0.4 is 5.32 Å². The van der Waals surface area contributed by atoms with Crippen LogP contribution in [0.3, 0.4) is 0 Å². The zero-order chi connectivity index (χ0) is 14.4. The molecule has 0 aliphatic heterocycles. The maximum Gasteiger partial charge on any atom is 0.220 e. The van der Waals surface area contributed by atoms with E-state index in [2.05, 4.69) is 20.5 Å². The Kier molecular flexibility index (Phi) is 4.87. The number of carbonyl (C=O) groups excluding carboxylic acids is 1. The molecule has 5 heteroatoms. The van der Waals surface area contributed by atoms with Gasteiger partial charge in [-0.05, 0) is 38.0 Å². The number of pyridine rings is 1. The summed E-state index contributed by atoms with van der Waals surface area (Å²) in [5, 5.41) is 9.60. The van der Waals surface area contributed by atoms with Crippen LogP contribution in [0.25, 0.3) is 0 Å². The molecule has 20 heavy (non-hydrogen) atoms. The maximum atomic E-state index is 11.8. The lowest BCUT2D eigenvalue weighted by atomic mass is 10.1. The largest absolute Gasteiger partial charge is 0.353 e. The molecule has 2 N–H and O–H groups in total. The summed E-state index contributed by atoms with van der Waals surface area (Å²) >= 11 is 0. The zero-order valence-corrected chi connectivity index (χ0v) is 11.9. The molecule has 2 aromatic heterocycles. The standard InChI is InChI=1S/C15H20N4O/c1-11-4-3-5-14(18-11)8-12(2)19-15(20)7-6-13-9-16-17-10-13/h3-5,9-10,12H,6-8H2,1-2H3,(H,16,17)(H,19,20)/t12-/m0/s1. The van der Waals surface area contributed by atoms with Crippen LogP contribution in [-0.4, -0.2) is 27.1 Å². The highest BCUT2D eigenvalue weighted by atomic mass is 16.1. The normalized spacial score (nSPS) is 12.1. The van der Waals surface area contributed by atoms with Gasteiger partial charge in [0.2, 0.25) is 5.91 Å². The van der Waals surface area contributed by atoms with E-state index in [1.165, 1.54) is 0 Å². The van der Waals surface area contributed by atoms with Crippen molar-refractivity contribution >= 4 is 5.91 Å². The van der Waals surface area contributed by atoms with E-state index in [9.17, 15) is 4.79 Å². The SMILES string of the molecule is Cc1cccc(C[C@H](C)NC(=O)CCc2cn[nH]c2)n1. The maximum absolute atomic E-state index is 11.8. The summed E-state index contributed by atoms with van der Waals surface area (Å²) in [5.74, 6) is 0.0614. The summed E-state index contributed by atoms with van der Waals surface area (Å²) in [7, 11) is 0. The number of aryl methyl sites for hydroxylation is 2. The van der Waals surface area contributed by atoms with E-state index in [1.807, 2.05) is 38.2 Å². The summed E-state index contributed by atoms with van der Waals surface area (Å²) in [6.07, 6.45) is 5.49. The third-order valence-corrected chi connectivity index (χ3v) is 3.06. The smallest absolute Gasteiger partial charge is 0.220 e. The van der Waals surface area contributed by atoms with Crippen molar-refractivity contribution < 1.29 is 4.79 Å². The third kappa shape index (κ3) is 4.50. The first-order valence-electron chi connectivity index (χ1n) is 6.83. The molecule has 0 radical (unpaired) electrons. The van der Waals surface area contributed by atoms with Gasteiger partial charge in [0, 0.05) is 36.5 Å². The number of carbonyl (C=O) groups is 1. The minimum Gasteiger partial charge on any atom is -0.353 e. The topological polar surface area (TPSA) is 70.7 Å². The van der Waals surface area contributed by atoms with Gasteiger partial charge in [0.15, 0.2) is 0 Å². The first-order chi connectivity index (χ1) is 9.63. The van der Waals surface area contributed by atoms with E-state index < -0.39 is 0 Å². The van der Waals surface area contributed by atoms with E-state index in [1.54, 1.807) is 6.20 Å². The van der Waals surface area contributed by atoms with Crippen molar-refractivity contribution in [2.45, 2.75) is 39.2 Å². The number of aromatic nitrogens is 3. The van der Waals surface area contributed by atoms with Crippen molar-refractivity contribution in [1.82, 2.24) is 20.5 Å². The molecule has 0 bridgehead atoms. The summed E-state index contributed by atoms with van der Waals surface area (Å²) in [6.45, 7) is 3.97. The van der Waals surface area contributed by atoms with Crippen LogP contribution in [0.5, 0.6) is 0 Å². The Morgan fingerprint density at radius 3 is 3.00 bits per heavy atom. The Hall–Kier alpha value is -2.17. The van der Waals surface area contributed by atoms with Gasteiger partial charge in [-0.25, -0.2) is 0 Å². The van der Waals surface area contributed by atoms with Gasteiger partial charge in [-0.2, -0.15) is 5.10 Å². The molecule has 0 saturated heterocycles. The van der Waals surface area contributed by atoms with E-state index >= 15 is 0 Å². The first-order valence-corrected chi connectivity index (χ1v) is 6.83. The molecule has 0 fully saturated rings. The lowest BCUT2D eigenvalue weighted by Crippen LogP contribution is -2.34. The molecule has 0 unspecified atom stereocenters. The molecular formula is C15H20N4O. The fourth-order valence-corrected chi connectivity index (χ4v) is 2.10. The van der Waals surface area contributed by atoms with Crippen LogP contribution >= 0.6 is 0 Å². The number of nitrogens with zero attached hydrogens (tertiary/aromatic N) is 2. The second kappa shape index (κ2) is 6.84. The highest BCUT2D eigenvalue weighted by Crippen LogP contribution is 2.03. The van der Waals surface area contributed by atoms with Gasteiger partial charge in [-0.15, -0.1) is 0 Å². The van der Waals surface area contributed by atoms with Crippen LogP contribution in [0.2, 0.25) is 0 Å². The summed E-state index contributed by atoms with van der Waals surface area (Å²) in [4.78, 5) is 16.3. The quantitative estimate of drug-likeness (QED) is 0.842. The number of rotatable bonds is 6. The van der Waals surface area contributed by atoms with Crippen LogP contribution in [0, 0.1) is 6.92 Å². The summed E-state index contributed by atoms with van der Waals surface area (Å²) in [6, 6.07) is 6.03. The molecular weight excluding hydrogens is 252 g/mol. The lowest BCUT2D eigenvalue weighted by molar-refractivity contribution is -0.121. The highest BCUT2D eigenvalue weighted by molar-refractivity contribution is 5.76. The predicted octanol–water partition coefficient (Wildman–Crippen LogP) is 1.79. The molecule has 2 aromatic rings. The van der Waals surface area contributed by atoms with Crippen LogP contribution in [-0.2, 0) is 17.6 Å². The Labute approximate surface area is 118 Å². The number of amides is 1. The Morgan fingerprint density at radius 1 is 1.45 bits per heavy atom. The van der Waals surface area contributed by atoms with Crippen LogP contribution in [0.1, 0.15) is 30.3 Å². The lowest BCUT2D eigenvalue weighted by Gasteiger charge is -2.13. The van der Waals surface area contributed by atoms with Crippen molar-refractivity contribution in [3.05, 3.63) is 47.5 Å². The Morgan fingerprint density at radius 2 is 2.30 bits per heavy atom. The van der Waals surface area contributed by atoms with Gasteiger partial charge in [-0.1, -0.05) is 6.07 Å². The molecule has 0 aliphatic rings. The molecule has 1 amide bonds. The van der Waals surface area contributed by atoms with Crippen molar-refractivity contribution in [1.29, 1.82) is 0 Å². The van der Waals surface area contributed by atoms with Gasteiger partial charge < -0.3 is 5.32 Å². The van der Waals surface area contributed by atoms with Gasteiger partial charge in [0.1, 0.15) is 0 Å². The molecule has 5 nitrogen and oxygen atoms in total. The minimum absolute atomic E-state index is 0.0614. The van der Waals surface area contributed by atoms with E-state index in [0.717, 1.165) is 23.4 Å². The van der Waals surface area contributed by atoms with Crippen molar-refractivity contribution in [3.8, 4) is 0 Å². The average Bonchev–Trinajstić information content (AvgIpc) is 2.89. The number of H-pyrrole nitrogens is 1. The highest BCUT2D eigenvalue weighted by Gasteiger charge is 2.09. The fourth-order valence-electron chi connectivity index (χ4n) is 2.10. The van der Waals surface area contributed by atoms with Crippen molar-refractivity contribution in [2.75, 3.05) is 0 Å². The molecule has 106 valence electrons. The van der Waals surface area contributed by atoms with E-state index in [4.69, 9.17) is 0 Å². The average molecular weight is 272 g/mol. The van der Waals surface area contributed by atoms with E-state index in [0.29, 0.717) is 12.8 Å². The number of nitrogens with one attached hydrogen (secondary N) is 2. The molecule has 1 atom stereocenters. The van der Waals surface area contributed by atoms with Crippen molar-refractivity contribution in [2.24, 2.45) is 0 Å². The molecule has 2 heterocycles. The molecule has 0 aromatic carbocycles. The Balaban J connectivity index is 1.76. The second-order valence-electron chi connectivity index (χ2n) is 5.05. The van der Waals surface area contributed by atoms with Gasteiger partial charge in [0.05, 0.1) is 6.20 Å². The number of aromatic amines is 1. The van der Waals surface area contributed by atoms with Gasteiger partial charge >= 0.3 is 0 Å². The van der Waals surface area contributed by atoms with Crippen LogP contribution in [0.4, 0.5) is 0 Å². The van der Waals surface area contributed by atoms with Gasteiger partial charge in [-0.3, -0.25) is 14.9 Å². The fraction of sp³-hybridized carbons (Fsp3) is 0.400. The number of hydrogen-bond donors (Lipinski definition) is 2. The predicted molar refractivity (Wildman–Crippen MR) is 77.2 cm³/mol. The molecule has 2 rings (SSSR count). The minimum atomic E-state index is 0.0614. The Bertz CT molecular complexity index is 551. The second-order valence-corrected chi connectivity index (χ2v) is 5.05. The zero-order valence-electron chi connectivity index (χ0n) is 11.9. The number of hydrogen-bond acceptors (Lipinski definition) is 3. The summed E-state index contributed by atoms with van der Waals surface area (Å²) < 4.78 is 0. The van der Waals surface area contributed by atoms with Crippen LogP contribution in [0.15, 0.2) is 30.6 Å². The molecule has 0 aliphatic carbocycles. The first kappa shape index (κ1) is 14.2. The summed E-state index contributed by atoms with van der Waals surface area (Å²) in [5.41, 5.74) is 3.06. The monoisotopic (exact) mass is 272 g/mol. The molecule has 0 spiro atoms. The van der Waals surface area contributed by atoms with Crippen molar-refractivity contribution in [3.63, 3.8) is 0 Å². The molecule has 0 saturated carbocycles. The third-order valence-electron chi connectivity index (χ3n) is 3.06. The van der Waals surface area contributed by atoms with Gasteiger partial charge in [0.25, 0.3) is 0 Å².